The lowest BCUT2D eigenvalue weighted by molar-refractivity contribution is -0.115. The molecule has 0 bridgehead atoms. The number of nitriles is 1. The normalized spacial score (nSPS) is 15.2. The van der Waals surface area contributed by atoms with Crippen LogP contribution >= 0.6 is 22.7 Å². The molecule has 4 rings (SSSR count). The number of amides is 1. The molecular formula is C21H17N3O2S2. The molecule has 0 spiro atoms. The molecule has 0 atom stereocenters. The first kappa shape index (κ1) is 18.4. The van der Waals surface area contributed by atoms with Crippen LogP contribution < -0.4 is 20.1 Å². The largest absolute Gasteiger partial charge is 0.349 e. The third kappa shape index (κ3) is 3.98. The summed E-state index contributed by atoms with van der Waals surface area (Å²) in [6.07, 6.45) is 3.68. The molecule has 1 saturated carbocycles. The monoisotopic (exact) mass is 407 g/mol. The summed E-state index contributed by atoms with van der Waals surface area (Å²) in [6.45, 7) is 0.311. The van der Waals surface area contributed by atoms with E-state index < -0.39 is 5.91 Å². The minimum Gasteiger partial charge on any atom is -0.349 e. The number of benzene rings is 1. The SMILES string of the molecule is N#C/C(C(=O)NC1CC1)=c1/s/c(=C/c2cccs2)c(=O)n1Cc1ccccc1. The molecule has 5 nitrogen and oxygen atoms in total. The van der Waals surface area contributed by atoms with E-state index in [9.17, 15) is 14.9 Å². The molecule has 0 unspecified atom stereocenters. The van der Waals surface area contributed by atoms with Crippen molar-refractivity contribution in [1.82, 2.24) is 9.88 Å². The zero-order chi connectivity index (χ0) is 19.5. The number of nitrogens with zero attached hydrogens (tertiary/aromatic N) is 2. The summed E-state index contributed by atoms with van der Waals surface area (Å²) in [5.74, 6) is -0.407. The van der Waals surface area contributed by atoms with Gasteiger partial charge in [-0.1, -0.05) is 36.4 Å². The van der Waals surface area contributed by atoms with Crippen molar-refractivity contribution in [2.75, 3.05) is 0 Å². The first-order valence-electron chi connectivity index (χ1n) is 8.90. The van der Waals surface area contributed by atoms with Gasteiger partial charge in [0.1, 0.15) is 10.7 Å². The first-order valence-corrected chi connectivity index (χ1v) is 10.6. The van der Waals surface area contributed by atoms with E-state index in [-0.39, 0.29) is 17.2 Å². The summed E-state index contributed by atoms with van der Waals surface area (Å²) in [5.41, 5.74) is 0.742. The Bertz CT molecular complexity index is 1210. The third-order valence-electron chi connectivity index (χ3n) is 4.37. The van der Waals surface area contributed by atoms with Gasteiger partial charge in [-0.2, -0.15) is 5.26 Å². The van der Waals surface area contributed by atoms with E-state index >= 15 is 0 Å². The summed E-state index contributed by atoms with van der Waals surface area (Å²) in [5, 5.41) is 14.5. The maximum Gasteiger partial charge on any atom is 0.269 e. The number of hydrogen-bond acceptors (Lipinski definition) is 5. The van der Waals surface area contributed by atoms with E-state index in [1.807, 2.05) is 60.0 Å². The lowest BCUT2D eigenvalue weighted by Gasteiger charge is -2.05. The van der Waals surface area contributed by atoms with Gasteiger partial charge < -0.3 is 5.32 Å². The molecule has 1 N–H and O–H groups in total. The first-order chi connectivity index (χ1) is 13.7. The fourth-order valence-corrected chi connectivity index (χ4v) is 4.62. The van der Waals surface area contributed by atoms with Crippen LogP contribution in [0.5, 0.6) is 0 Å². The highest BCUT2D eigenvalue weighted by atomic mass is 32.1. The van der Waals surface area contributed by atoms with Gasteiger partial charge >= 0.3 is 0 Å². The number of carbonyl (C=O) groups is 1. The van der Waals surface area contributed by atoms with Crippen LogP contribution in [-0.4, -0.2) is 16.5 Å². The van der Waals surface area contributed by atoms with Crippen molar-refractivity contribution in [2.45, 2.75) is 25.4 Å². The number of thiazole rings is 1. The summed E-state index contributed by atoms with van der Waals surface area (Å²) in [4.78, 5) is 26.6. The number of thiophene rings is 1. The second kappa shape index (κ2) is 7.97. The van der Waals surface area contributed by atoms with Crippen LogP contribution in [0.2, 0.25) is 0 Å². The number of carbonyl (C=O) groups excluding carboxylic acids is 1. The molecule has 0 aliphatic heterocycles. The zero-order valence-electron chi connectivity index (χ0n) is 14.9. The maximum atomic E-state index is 13.1. The smallest absolute Gasteiger partial charge is 0.269 e. The molecular weight excluding hydrogens is 390 g/mol. The van der Waals surface area contributed by atoms with Crippen molar-refractivity contribution in [3.63, 3.8) is 0 Å². The minimum absolute atomic E-state index is 0.00393. The topological polar surface area (TPSA) is 74.9 Å². The van der Waals surface area contributed by atoms with Crippen LogP contribution in [0.3, 0.4) is 0 Å². The molecule has 1 amide bonds. The Morgan fingerprint density at radius 3 is 2.68 bits per heavy atom. The van der Waals surface area contributed by atoms with Gasteiger partial charge in [0.15, 0.2) is 5.57 Å². The standard InChI is InChI=1S/C21H17N3O2S2/c22-12-17(19(25)23-15-8-9-15)21-24(13-14-5-2-1-3-6-14)20(26)18(28-21)11-16-7-4-10-27-16/h1-7,10-11,15H,8-9,13H2,(H,23,25)/b18-11+,21-17-. The highest BCUT2D eigenvalue weighted by Gasteiger charge is 2.26. The van der Waals surface area contributed by atoms with Crippen LogP contribution in [0.4, 0.5) is 0 Å². The van der Waals surface area contributed by atoms with E-state index in [0.29, 0.717) is 15.7 Å². The Morgan fingerprint density at radius 2 is 2.04 bits per heavy atom. The molecule has 7 heteroatoms. The van der Waals surface area contributed by atoms with Gasteiger partial charge in [-0.05, 0) is 35.9 Å². The number of hydrogen-bond donors (Lipinski definition) is 1. The van der Waals surface area contributed by atoms with Crippen molar-refractivity contribution < 1.29 is 4.79 Å². The lowest BCUT2D eigenvalue weighted by atomic mass is 10.2. The predicted molar refractivity (Wildman–Crippen MR) is 111 cm³/mol. The van der Waals surface area contributed by atoms with Crippen LogP contribution in [0.25, 0.3) is 11.6 Å². The Kier molecular flexibility index (Phi) is 5.24. The third-order valence-corrected chi connectivity index (χ3v) is 6.32. The fraction of sp³-hybridized carbons (Fsp3) is 0.190. The van der Waals surface area contributed by atoms with Gasteiger partial charge in [0.2, 0.25) is 0 Å². The molecule has 1 fully saturated rings. The van der Waals surface area contributed by atoms with Gasteiger partial charge in [0.25, 0.3) is 11.5 Å². The number of rotatable bonds is 5. The van der Waals surface area contributed by atoms with Crippen LogP contribution in [0.15, 0.2) is 52.6 Å². The van der Waals surface area contributed by atoms with Gasteiger partial charge in [-0.3, -0.25) is 14.2 Å². The number of aromatic nitrogens is 1. The molecule has 1 aliphatic carbocycles. The Labute approximate surface area is 169 Å². The molecule has 140 valence electrons. The van der Waals surface area contributed by atoms with E-state index in [1.165, 1.54) is 27.2 Å². The summed E-state index contributed by atoms with van der Waals surface area (Å²) in [6, 6.07) is 15.6. The van der Waals surface area contributed by atoms with Crippen molar-refractivity contribution in [3.05, 3.63) is 77.8 Å². The molecule has 0 saturated heterocycles. The van der Waals surface area contributed by atoms with E-state index in [1.54, 1.807) is 0 Å². The summed E-state index contributed by atoms with van der Waals surface area (Å²) in [7, 11) is 0. The average Bonchev–Trinajstić information content (AvgIpc) is 3.27. The van der Waals surface area contributed by atoms with Crippen molar-refractivity contribution in [2.24, 2.45) is 0 Å². The molecule has 2 heterocycles. The molecule has 0 radical (unpaired) electrons. The van der Waals surface area contributed by atoms with Crippen LogP contribution in [0.1, 0.15) is 23.3 Å². The Hall–Kier alpha value is -2.95. The summed E-state index contributed by atoms with van der Waals surface area (Å²) < 4.78 is 2.45. The van der Waals surface area contributed by atoms with Gasteiger partial charge in [-0.15, -0.1) is 22.7 Å². The summed E-state index contributed by atoms with van der Waals surface area (Å²) >= 11 is 2.73. The van der Waals surface area contributed by atoms with E-state index in [4.69, 9.17) is 0 Å². The van der Waals surface area contributed by atoms with Crippen molar-refractivity contribution in [1.29, 1.82) is 5.26 Å². The quantitative estimate of drug-likeness (QED) is 0.701. The Balaban J connectivity index is 1.90. The molecule has 28 heavy (non-hydrogen) atoms. The van der Waals surface area contributed by atoms with Crippen LogP contribution in [-0.2, 0) is 11.3 Å². The van der Waals surface area contributed by atoms with Gasteiger partial charge in [0, 0.05) is 10.9 Å². The maximum absolute atomic E-state index is 13.1. The second-order valence-electron chi connectivity index (χ2n) is 6.54. The molecule has 1 aromatic carbocycles. The highest BCUT2D eigenvalue weighted by molar-refractivity contribution is 7.11. The zero-order valence-corrected chi connectivity index (χ0v) is 16.6. The van der Waals surface area contributed by atoms with Crippen molar-refractivity contribution in [3.8, 4) is 6.07 Å². The predicted octanol–water partition coefficient (Wildman–Crippen LogP) is 1.80. The Morgan fingerprint density at radius 1 is 1.25 bits per heavy atom. The molecule has 2 aromatic heterocycles. The second-order valence-corrected chi connectivity index (χ2v) is 8.55. The van der Waals surface area contributed by atoms with Crippen molar-refractivity contribution >= 4 is 40.2 Å². The fourth-order valence-electron chi connectivity index (χ4n) is 2.80. The highest BCUT2D eigenvalue weighted by Crippen LogP contribution is 2.19. The van der Waals surface area contributed by atoms with Gasteiger partial charge in [0.05, 0.1) is 11.1 Å². The van der Waals surface area contributed by atoms with E-state index in [2.05, 4.69) is 5.32 Å². The number of nitrogens with one attached hydrogen (secondary N) is 1. The molecule has 1 aliphatic rings. The van der Waals surface area contributed by atoms with E-state index in [0.717, 1.165) is 23.3 Å². The average molecular weight is 408 g/mol. The van der Waals surface area contributed by atoms with Gasteiger partial charge in [-0.25, -0.2) is 0 Å². The van der Waals surface area contributed by atoms with Crippen LogP contribution in [0, 0.1) is 11.3 Å². The lowest BCUT2D eigenvalue weighted by Crippen LogP contribution is -2.35. The molecule has 3 aromatic rings. The minimum atomic E-state index is -0.407.